The summed E-state index contributed by atoms with van der Waals surface area (Å²) < 4.78 is 16.9. The Hall–Kier alpha value is -2.37. The number of hydrogen-bond acceptors (Lipinski definition) is 6. The molecule has 0 aromatic carbocycles. The molecule has 6 heteroatoms. The molecular formula is C66H122O6. The topological polar surface area (TPSA) is 78.9 Å². The minimum atomic E-state index is -0.775. The Balaban J connectivity index is 4.30. The van der Waals surface area contributed by atoms with Crippen LogP contribution in [0.5, 0.6) is 0 Å². The van der Waals surface area contributed by atoms with Gasteiger partial charge in [0.15, 0.2) is 6.10 Å². The second-order valence-corrected chi connectivity index (χ2v) is 21.7. The van der Waals surface area contributed by atoms with E-state index >= 15 is 0 Å². The Morgan fingerprint density at radius 2 is 0.500 bits per heavy atom. The molecule has 0 spiro atoms. The minimum absolute atomic E-state index is 0.0730. The van der Waals surface area contributed by atoms with Crippen LogP contribution >= 0.6 is 0 Å². The van der Waals surface area contributed by atoms with Crippen molar-refractivity contribution in [1.29, 1.82) is 0 Å². The van der Waals surface area contributed by atoms with E-state index in [1.807, 2.05) is 0 Å². The maximum absolute atomic E-state index is 12.9. The summed E-state index contributed by atoms with van der Waals surface area (Å²) in [6.45, 7) is 6.66. The fraction of sp³-hybridized carbons (Fsp3) is 0.864. The van der Waals surface area contributed by atoms with Crippen LogP contribution in [0.15, 0.2) is 36.5 Å². The van der Waals surface area contributed by atoms with Gasteiger partial charge in [-0.15, -0.1) is 0 Å². The van der Waals surface area contributed by atoms with Gasteiger partial charge in [-0.3, -0.25) is 14.4 Å². The summed E-state index contributed by atoms with van der Waals surface area (Å²) in [5, 5.41) is 0. The van der Waals surface area contributed by atoms with Gasteiger partial charge in [0.25, 0.3) is 0 Å². The highest BCUT2D eigenvalue weighted by Crippen LogP contribution is 2.17. The molecule has 0 saturated carbocycles. The predicted octanol–water partition coefficient (Wildman–Crippen LogP) is 21.6. The van der Waals surface area contributed by atoms with Gasteiger partial charge in [0.05, 0.1) is 0 Å². The molecule has 0 saturated heterocycles. The Morgan fingerprint density at radius 1 is 0.278 bits per heavy atom. The average molecular weight is 1010 g/mol. The van der Waals surface area contributed by atoms with E-state index in [0.29, 0.717) is 19.3 Å². The number of unbranched alkanes of at least 4 members (excludes halogenated alkanes) is 42. The largest absolute Gasteiger partial charge is 0.462 e. The lowest BCUT2D eigenvalue weighted by Crippen LogP contribution is -2.30. The first-order chi connectivity index (χ1) is 35.5. The number of ether oxygens (including phenoxy) is 3. The molecule has 0 aliphatic heterocycles. The van der Waals surface area contributed by atoms with Gasteiger partial charge < -0.3 is 14.2 Å². The van der Waals surface area contributed by atoms with Crippen molar-refractivity contribution in [2.45, 2.75) is 354 Å². The van der Waals surface area contributed by atoms with Crippen LogP contribution in [0.25, 0.3) is 0 Å². The molecule has 1 unspecified atom stereocenters. The third-order valence-corrected chi connectivity index (χ3v) is 14.4. The number of hydrogen-bond donors (Lipinski definition) is 0. The lowest BCUT2D eigenvalue weighted by atomic mass is 10.0. The smallest absolute Gasteiger partial charge is 0.306 e. The van der Waals surface area contributed by atoms with Crippen molar-refractivity contribution in [2.24, 2.45) is 0 Å². The van der Waals surface area contributed by atoms with Gasteiger partial charge in [0.1, 0.15) is 13.2 Å². The highest BCUT2D eigenvalue weighted by atomic mass is 16.6. The summed E-state index contributed by atoms with van der Waals surface area (Å²) in [4.78, 5) is 38.3. The van der Waals surface area contributed by atoms with E-state index in [2.05, 4.69) is 57.2 Å². The van der Waals surface area contributed by atoms with Crippen molar-refractivity contribution in [3.63, 3.8) is 0 Å². The average Bonchev–Trinajstić information content (AvgIpc) is 3.38. The van der Waals surface area contributed by atoms with Gasteiger partial charge in [0, 0.05) is 19.3 Å². The van der Waals surface area contributed by atoms with E-state index in [1.54, 1.807) is 0 Å². The highest BCUT2D eigenvalue weighted by Gasteiger charge is 2.19. The summed E-state index contributed by atoms with van der Waals surface area (Å²) in [7, 11) is 0. The molecule has 0 fully saturated rings. The van der Waals surface area contributed by atoms with Crippen LogP contribution in [0.4, 0.5) is 0 Å². The molecule has 0 aliphatic carbocycles. The lowest BCUT2D eigenvalue weighted by molar-refractivity contribution is -0.167. The second-order valence-electron chi connectivity index (χ2n) is 21.7. The Labute approximate surface area is 448 Å². The van der Waals surface area contributed by atoms with Gasteiger partial charge in [-0.1, -0.05) is 288 Å². The SMILES string of the molecule is CCCCCC/C=C\CCCCCCCC(=O)OCC(COC(=O)CCCCCCCCCCC/C=C\C/C=C\CCCCCCC)OC(=O)CCCCCCCCCCCCCCCCCCCCCC. The number of allylic oxidation sites excluding steroid dienone is 6. The van der Waals surface area contributed by atoms with Gasteiger partial charge in [-0.25, -0.2) is 0 Å². The first kappa shape index (κ1) is 69.6. The molecule has 1 atom stereocenters. The monoisotopic (exact) mass is 1010 g/mol. The van der Waals surface area contributed by atoms with E-state index in [-0.39, 0.29) is 31.1 Å². The third-order valence-electron chi connectivity index (χ3n) is 14.4. The fourth-order valence-corrected chi connectivity index (χ4v) is 9.53. The quantitative estimate of drug-likeness (QED) is 0.0261. The van der Waals surface area contributed by atoms with E-state index in [4.69, 9.17) is 14.2 Å². The molecule has 0 aliphatic rings. The summed E-state index contributed by atoms with van der Waals surface area (Å²) in [5.41, 5.74) is 0. The molecular weight excluding hydrogens is 889 g/mol. The number of rotatable bonds is 59. The molecule has 0 rings (SSSR count). The van der Waals surface area contributed by atoms with Crippen molar-refractivity contribution in [2.75, 3.05) is 13.2 Å². The maximum Gasteiger partial charge on any atom is 0.306 e. The zero-order valence-corrected chi connectivity index (χ0v) is 48.5. The molecule has 6 nitrogen and oxygen atoms in total. The first-order valence-electron chi connectivity index (χ1n) is 32.0. The summed E-state index contributed by atoms with van der Waals surface area (Å²) in [5.74, 6) is -0.862. The Kier molecular flexibility index (Phi) is 59.2. The minimum Gasteiger partial charge on any atom is -0.462 e. The second kappa shape index (κ2) is 61.2. The van der Waals surface area contributed by atoms with Crippen LogP contribution in [0.3, 0.4) is 0 Å². The zero-order chi connectivity index (χ0) is 52.2. The van der Waals surface area contributed by atoms with E-state index in [0.717, 1.165) is 70.6 Å². The molecule has 0 amide bonds. The predicted molar refractivity (Wildman–Crippen MR) is 312 cm³/mol. The maximum atomic E-state index is 12.9. The van der Waals surface area contributed by atoms with Gasteiger partial charge >= 0.3 is 17.9 Å². The van der Waals surface area contributed by atoms with Gasteiger partial charge in [-0.05, 0) is 77.0 Å². The standard InChI is InChI=1S/C66H122O6/c1-4-7-10-13-16-19-22-25-27-29-31-33-35-36-38-41-44-47-50-53-56-59-65(68)71-62-63(61-70-64(67)58-55-52-49-46-43-40-24-21-18-15-12-9-6-3)72-66(69)60-57-54-51-48-45-42-39-37-34-32-30-28-26-23-20-17-14-11-8-5-2/h21-22,24-25,29,31,63H,4-20,23,26-28,30,32-62H2,1-3H3/b24-21-,25-22-,31-29-. The molecule has 72 heavy (non-hydrogen) atoms. The first-order valence-corrected chi connectivity index (χ1v) is 32.0. The van der Waals surface area contributed by atoms with Crippen LogP contribution in [0, 0.1) is 0 Å². The van der Waals surface area contributed by atoms with Gasteiger partial charge in [0.2, 0.25) is 0 Å². The molecule has 0 aromatic rings. The summed E-state index contributed by atoms with van der Waals surface area (Å²) in [6, 6.07) is 0. The summed E-state index contributed by atoms with van der Waals surface area (Å²) in [6.07, 6.45) is 74.3. The Bertz CT molecular complexity index is 1210. The van der Waals surface area contributed by atoms with E-state index in [1.165, 1.54) is 238 Å². The van der Waals surface area contributed by atoms with E-state index < -0.39 is 6.10 Å². The molecule has 0 radical (unpaired) electrons. The summed E-state index contributed by atoms with van der Waals surface area (Å²) >= 11 is 0. The number of esters is 3. The van der Waals surface area contributed by atoms with Crippen LogP contribution in [-0.2, 0) is 28.6 Å². The van der Waals surface area contributed by atoms with Crippen LogP contribution < -0.4 is 0 Å². The zero-order valence-electron chi connectivity index (χ0n) is 48.5. The molecule has 0 N–H and O–H groups in total. The highest BCUT2D eigenvalue weighted by molar-refractivity contribution is 5.71. The van der Waals surface area contributed by atoms with Crippen molar-refractivity contribution in [3.05, 3.63) is 36.5 Å². The number of carbonyl (C=O) groups excluding carboxylic acids is 3. The molecule has 422 valence electrons. The molecule has 0 heterocycles. The van der Waals surface area contributed by atoms with Crippen LogP contribution in [0.1, 0.15) is 348 Å². The normalized spacial score (nSPS) is 12.2. The molecule has 0 aromatic heterocycles. The van der Waals surface area contributed by atoms with Crippen molar-refractivity contribution < 1.29 is 28.6 Å². The van der Waals surface area contributed by atoms with Crippen molar-refractivity contribution >= 4 is 17.9 Å². The fourth-order valence-electron chi connectivity index (χ4n) is 9.53. The Morgan fingerprint density at radius 3 is 0.792 bits per heavy atom. The number of carbonyl (C=O) groups is 3. The lowest BCUT2D eigenvalue weighted by Gasteiger charge is -2.18. The van der Waals surface area contributed by atoms with E-state index in [9.17, 15) is 14.4 Å². The molecule has 0 bridgehead atoms. The van der Waals surface area contributed by atoms with Crippen molar-refractivity contribution in [1.82, 2.24) is 0 Å². The third kappa shape index (κ3) is 58.5. The van der Waals surface area contributed by atoms with Gasteiger partial charge in [-0.2, -0.15) is 0 Å². The van der Waals surface area contributed by atoms with Crippen LogP contribution in [0.2, 0.25) is 0 Å². The van der Waals surface area contributed by atoms with Crippen LogP contribution in [-0.4, -0.2) is 37.2 Å². The van der Waals surface area contributed by atoms with Crippen molar-refractivity contribution in [3.8, 4) is 0 Å².